The first-order valence-electron chi connectivity index (χ1n) is 15.2. The number of pyridine rings is 1. The predicted molar refractivity (Wildman–Crippen MR) is 172 cm³/mol. The van der Waals surface area contributed by atoms with Crippen LogP contribution >= 0.6 is 15.9 Å². The molecule has 0 bridgehead atoms. The van der Waals surface area contributed by atoms with Gasteiger partial charge in [0.25, 0.3) is 0 Å². The highest BCUT2D eigenvalue weighted by Gasteiger charge is 2.48. The Morgan fingerprint density at radius 1 is 0.932 bits per heavy atom. The lowest BCUT2D eigenvalue weighted by Gasteiger charge is -2.19. The van der Waals surface area contributed by atoms with Crippen molar-refractivity contribution < 1.29 is 23.9 Å². The van der Waals surface area contributed by atoms with Gasteiger partial charge in [0, 0.05) is 21.0 Å². The van der Waals surface area contributed by atoms with Gasteiger partial charge in [0.15, 0.2) is 6.10 Å². The molecule has 1 aromatic heterocycles. The summed E-state index contributed by atoms with van der Waals surface area (Å²) in [7, 11) is 0. The molecule has 3 unspecified atom stereocenters. The fraction of sp³-hybridized carbons (Fsp3) is 0.306. The fourth-order valence-corrected chi connectivity index (χ4v) is 6.95. The summed E-state index contributed by atoms with van der Waals surface area (Å²) in [5.41, 5.74) is 4.21. The first kappa shape index (κ1) is 29.9. The zero-order valence-electron chi connectivity index (χ0n) is 24.7. The highest BCUT2D eigenvalue weighted by atomic mass is 79.9. The van der Waals surface area contributed by atoms with Crippen LogP contribution in [0.5, 0.6) is 0 Å². The van der Waals surface area contributed by atoms with E-state index in [1.54, 1.807) is 42.5 Å². The van der Waals surface area contributed by atoms with E-state index in [0.717, 1.165) is 41.3 Å². The number of ether oxygens (including phenoxy) is 1. The van der Waals surface area contributed by atoms with Crippen LogP contribution in [0.2, 0.25) is 0 Å². The molecule has 3 aromatic carbocycles. The van der Waals surface area contributed by atoms with Gasteiger partial charge in [-0.25, -0.2) is 9.78 Å². The van der Waals surface area contributed by atoms with Crippen LogP contribution in [0.1, 0.15) is 72.2 Å². The number of imide groups is 1. The standard InChI is InChI=1S/C36H33BrN2O5/c1-3-21-18-24(37)19-28-29(36(43)44-31(4-2)33(40)23-10-6-5-7-11-23)20-30(38-32(21)28)22-14-16-25(17-15-22)39-34(41)26-12-8-9-13-27(26)35(39)42/h5-7,10-11,14-20,26-27,31H,3-4,8-9,12-13H2,1-2H3. The number of Topliss-reactive ketones (excluding diaryl/α,β-unsaturated/α-hetero) is 1. The summed E-state index contributed by atoms with van der Waals surface area (Å²) in [5.74, 6) is -1.54. The molecule has 1 saturated heterocycles. The topological polar surface area (TPSA) is 93.6 Å². The maximum absolute atomic E-state index is 13.8. The summed E-state index contributed by atoms with van der Waals surface area (Å²) >= 11 is 3.57. The Morgan fingerprint density at radius 3 is 2.20 bits per heavy atom. The zero-order chi connectivity index (χ0) is 31.0. The van der Waals surface area contributed by atoms with E-state index in [9.17, 15) is 19.2 Å². The van der Waals surface area contributed by atoms with E-state index in [0.29, 0.717) is 46.3 Å². The molecule has 6 rings (SSSR count). The van der Waals surface area contributed by atoms with Gasteiger partial charge in [0.05, 0.1) is 34.3 Å². The molecule has 2 heterocycles. The van der Waals surface area contributed by atoms with Crippen molar-refractivity contribution in [2.24, 2.45) is 11.8 Å². The molecule has 4 aromatic rings. The van der Waals surface area contributed by atoms with Crippen molar-refractivity contribution in [2.75, 3.05) is 4.90 Å². The van der Waals surface area contributed by atoms with Crippen molar-refractivity contribution in [1.29, 1.82) is 0 Å². The highest BCUT2D eigenvalue weighted by molar-refractivity contribution is 9.10. The Morgan fingerprint density at radius 2 is 1.59 bits per heavy atom. The molecule has 0 N–H and O–H groups in total. The quantitative estimate of drug-likeness (QED) is 0.110. The van der Waals surface area contributed by atoms with Crippen molar-refractivity contribution >= 4 is 56.1 Å². The molecule has 1 saturated carbocycles. The number of fused-ring (bicyclic) bond motifs is 2. The second-order valence-electron chi connectivity index (χ2n) is 11.5. The van der Waals surface area contributed by atoms with E-state index < -0.39 is 12.1 Å². The maximum Gasteiger partial charge on any atom is 0.339 e. The molecule has 8 heteroatoms. The van der Waals surface area contributed by atoms with E-state index in [2.05, 4.69) is 15.9 Å². The number of esters is 1. The van der Waals surface area contributed by atoms with E-state index in [4.69, 9.17) is 9.72 Å². The van der Waals surface area contributed by atoms with Crippen molar-refractivity contribution in [2.45, 2.75) is 58.5 Å². The number of rotatable bonds is 8. The Balaban J connectivity index is 1.36. The van der Waals surface area contributed by atoms with Crippen LogP contribution in [0.3, 0.4) is 0 Å². The molecule has 3 atom stereocenters. The predicted octanol–water partition coefficient (Wildman–Crippen LogP) is 7.72. The molecule has 0 radical (unpaired) electrons. The highest BCUT2D eigenvalue weighted by Crippen LogP contribution is 2.40. The smallest absolute Gasteiger partial charge is 0.339 e. The van der Waals surface area contributed by atoms with E-state index in [1.807, 2.05) is 44.2 Å². The molecule has 7 nitrogen and oxygen atoms in total. The lowest BCUT2D eigenvalue weighted by atomic mass is 9.81. The summed E-state index contributed by atoms with van der Waals surface area (Å²) in [4.78, 5) is 59.5. The van der Waals surface area contributed by atoms with Gasteiger partial charge in [0.1, 0.15) is 0 Å². The minimum atomic E-state index is -0.937. The number of aryl methyl sites for hydroxylation is 1. The van der Waals surface area contributed by atoms with Gasteiger partial charge >= 0.3 is 5.97 Å². The normalized spacial score (nSPS) is 18.8. The van der Waals surface area contributed by atoms with Gasteiger partial charge in [-0.05, 0) is 61.6 Å². The Labute approximate surface area is 264 Å². The minimum absolute atomic E-state index is 0.116. The van der Waals surface area contributed by atoms with Gasteiger partial charge in [-0.15, -0.1) is 0 Å². The molecular weight excluding hydrogens is 620 g/mol. The van der Waals surface area contributed by atoms with Gasteiger partial charge in [-0.3, -0.25) is 19.3 Å². The summed E-state index contributed by atoms with van der Waals surface area (Å²) in [6.07, 6.45) is 3.54. The molecule has 2 amide bonds. The van der Waals surface area contributed by atoms with Gasteiger partial charge in [0.2, 0.25) is 17.6 Å². The summed E-state index contributed by atoms with van der Waals surface area (Å²) in [5, 5.41) is 0.625. The van der Waals surface area contributed by atoms with Crippen molar-refractivity contribution in [3.63, 3.8) is 0 Å². The molecule has 1 aliphatic carbocycles. The summed E-state index contributed by atoms with van der Waals surface area (Å²) in [6.45, 7) is 3.84. The number of carbonyl (C=O) groups excluding carboxylic acids is 4. The molecule has 2 fully saturated rings. The number of benzene rings is 3. The minimum Gasteiger partial charge on any atom is -0.450 e. The second kappa shape index (κ2) is 12.4. The number of halogens is 1. The van der Waals surface area contributed by atoms with Crippen molar-refractivity contribution in [1.82, 2.24) is 4.98 Å². The van der Waals surface area contributed by atoms with Gasteiger partial charge < -0.3 is 4.74 Å². The number of carbonyl (C=O) groups is 4. The molecule has 2 aliphatic rings. The number of nitrogens with zero attached hydrogens (tertiary/aromatic N) is 2. The number of ketones is 1. The SMILES string of the molecule is CCc1cc(Br)cc2c(C(=O)OC(CC)C(=O)c3ccccc3)cc(-c3ccc(N4C(=O)C5CCCCC5C4=O)cc3)nc12. The third-order valence-electron chi connectivity index (χ3n) is 8.79. The Hall–Kier alpha value is -4.17. The van der Waals surface area contributed by atoms with Crippen LogP contribution < -0.4 is 4.90 Å². The molecule has 1 aliphatic heterocycles. The number of aromatic nitrogens is 1. The van der Waals surface area contributed by atoms with Crippen LogP contribution in [0.25, 0.3) is 22.2 Å². The summed E-state index contributed by atoms with van der Waals surface area (Å²) in [6, 6.07) is 21.5. The van der Waals surface area contributed by atoms with Crippen LogP contribution in [-0.2, 0) is 20.7 Å². The molecule has 0 spiro atoms. The number of anilines is 1. The monoisotopic (exact) mass is 652 g/mol. The van der Waals surface area contributed by atoms with Crippen molar-refractivity contribution in [3.05, 3.63) is 94.0 Å². The largest absolute Gasteiger partial charge is 0.450 e. The lowest BCUT2D eigenvalue weighted by Crippen LogP contribution is -2.30. The van der Waals surface area contributed by atoms with E-state index in [-0.39, 0.29) is 29.4 Å². The van der Waals surface area contributed by atoms with E-state index >= 15 is 0 Å². The average Bonchev–Trinajstić information content (AvgIpc) is 3.31. The third kappa shape index (κ3) is 5.47. The van der Waals surface area contributed by atoms with Crippen LogP contribution in [-0.4, -0.2) is 34.7 Å². The summed E-state index contributed by atoms with van der Waals surface area (Å²) < 4.78 is 6.67. The van der Waals surface area contributed by atoms with E-state index in [1.165, 1.54) is 4.90 Å². The van der Waals surface area contributed by atoms with Crippen LogP contribution in [0.15, 0.2) is 77.3 Å². The number of hydrogen-bond acceptors (Lipinski definition) is 6. The first-order valence-corrected chi connectivity index (χ1v) is 16.0. The third-order valence-corrected chi connectivity index (χ3v) is 9.25. The Bertz CT molecular complexity index is 1750. The zero-order valence-corrected chi connectivity index (χ0v) is 26.3. The van der Waals surface area contributed by atoms with Gasteiger partial charge in [-0.1, -0.05) is 85.1 Å². The lowest BCUT2D eigenvalue weighted by molar-refractivity contribution is -0.122. The molecule has 44 heavy (non-hydrogen) atoms. The van der Waals surface area contributed by atoms with Crippen molar-refractivity contribution in [3.8, 4) is 11.3 Å². The first-order chi connectivity index (χ1) is 21.3. The second-order valence-corrected chi connectivity index (χ2v) is 12.4. The maximum atomic E-state index is 13.8. The number of hydrogen-bond donors (Lipinski definition) is 0. The average molecular weight is 654 g/mol. The number of amides is 2. The van der Waals surface area contributed by atoms with Crippen LogP contribution in [0.4, 0.5) is 5.69 Å². The van der Waals surface area contributed by atoms with Gasteiger partial charge in [-0.2, -0.15) is 0 Å². The fourth-order valence-electron chi connectivity index (χ4n) is 6.45. The van der Waals surface area contributed by atoms with Crippen LogP contribution in [0, 0.1) is 11.8 Å². The molecule has 224 valence electrons. The molecular formula is C36H33BrN2O5. The Kier molecular flexibility index (Phi) is 8.45.